The van der Waals surface area contributed by atoms with Gasteiger partial charge >= 0.3 is 0 Å². The van der Waals surface area contributed by atoms with Gasteiger partial charge in [0.05, 0.1) is 11.4 Å². The zero-order chi connectivity index (χ0) is 20.3. The Hall–Kier alpha value is -3.23. The molecule has 2 aromatic carbocycles. The fourth-order valence-corrected chi connectivity index (χ4v) is 3.25. The Kier molecular flexibility index (Phi) is 5.43. The molecule has 0 radical (unpaired) electrons. The van der Waals surface area contributed by atoms with Gasteiger partial charge in [-0.05, 0) is 54.4 Å². The molecule has 8 heteroatoms. The number of nitrogens with zero attached hydrogens (tertiary/aromatic N) is 1. The maximum atomic E-state index is 12.7. The molecule has 1 heterocycles. The number of aryl methyl sites for hydroxylation is 1. The van der Waals surface area contributed by atoms with Gasteiger partial charge in [-0.15, -0.1) is 0 Å². The first-order valence-electron chi connectivity index (χ1n) is 8.44. The first-order valence-corrected chi connectivity index (χ1v) is 9.98. The number of hydrogen-bond acceptors (Lipinski definition) is 4. The largest absolute Gasteiger partial charge is 0.322 e. The molecule has 144 valence electrons. The number of nitrogens with two attached hydrogens (primary N) is 1. The van der Waals surface area contributed by atoms with E-state index in [-0.39, 0.29) is 10.5 Å². The summed E-state index contributed by atoms with van der Waals surface area (Å²) < 4.78 is 24.1. The van der Waals surface area contributed by atoms with E-state index in [4.69, 9.17) is 5.14 Å². The van der Waals surface area contributed by atoms with Crippen molar-refractivity contribution in [2.75, 3.05) is 5.32 Å². The highest BCUT2D eigenvalue weighted by Crippen LogP contribution is 2.13. The number of pyridine rings is 1. The minimum absolute atomic E-state index is 0.00777. The molecule has 0 spiro atoms. The van der Waals surface area contributed by atoms with Crippen LogP contribution in [0.1, 0.15) is 21.5 Å². The van der Waals surface area contributed by atoms with Crippen LogP contribution in [0, 0.1) is 6.92 Å². The normalized spacial score (nSPS) is 11.2. The van der Waals surface area contributed by atoms with Gasteiger partial charge in [0.1, 0.15) is 5.56 Å². The molecule has 1 amide bonds. The average Bonchev–Trinajstić information content (AvgIpc) is 2.65. The van der Waals surface area contributed by atoms with Crippen molar-refractivity contribution >= 4 is 21.6 Å². The molecule has 0 bridgehead atoms. The molecule has 7 nitrogen and oxygen atoms in total. The van der Waals surface area contributed by atoms with Crippen LogP contribution in [0.4, 0.5) is 5.69 Å². The summed E-state index contributed by atoms with van der Waals surface area (Å²) in [7, 11) is -3.81. The number of carbonyl (C=O) groups is 1. The van der Waals surface area contributed by atoms with E-state index in [1.165, 1.54) is 34.9 Å². The van der Waals surface area contributed by atoms with Gasteiger partial charge in [0, 0.05) is 11.9 Å². The Labute approximate surface area is 162 Å². The Balaban J connectivity index is 1.83. The second kappa shape index (κ2) is 7.79. The molecule has 28 heavy (non-hydrogen) atoms. The Morgan fingerprint density at radius 1 is 1.04 bits per heavy atom. The lowest BCUT2D eigenvalue weighted by Crippen LogP contribution is -2.29. The third-order valence-corrected chi connectivity index (χ3v) is 5.24. The van der Waals surface area contributed by atoms with Gasteiger partial charge in [0.2, 0.25) is 10.0 Å². The predicted octanol–water partition coefficient (Wildman–Crippen LogP) is 2.10. The zero-order valence-electron chi connectivity index (χ0n) is 15.1. The van der Waals surface area contributed by atoms with Crippen molar-refractivity contribution in [1.82, 2.24) is 4.57 Å². The quantitative estimate of drug-likeness (QED) is 0.687. The first-order chi connectivity index (χ1) is 13.3. The number of amides is 1. The van der Waals surface area contributed by atoms with Gasteiger partial charge in [-0.25, -0.2) is 13.6 Å². The summed E-state index contributed by atoms with van der Waals surface area (Å²) in [6.07, 6.45) is 1.63. The smallest absolute Gasteiger partial charge is 0.263 e. The van der Waals surface area contributed by atoms with Crippen molar-refractivity contribution in [2.24, 2.45) is 5.14 Å². The number of hydrogen-bond donors (Lipinski definition) is 2. The van der Waals surface area contributed by atoms with E-state index in [0.29, 0.717) is 12.2 Å². The van der Waals surface area contributed by atoms with Crippen LogP contribution in [0.5, 0.6) is 0 Å². The minimum atomic E-state index is -3.81. The van der Waals surface area contributed by atoms with Gasteiger partial charge in [-0.2, -0.15) is 0 Å². The van der Waals surface area contributed by atoms with E-state index >= 15 is 0 Å². The van der Waals surface area contributed by atoms with Crippen LogP contribution in [0.2, 0.25) is 0 Å². The fraction of sp³-hybridized carbons (Fsp3) is 0.100. The number of aromatic nitrogens is 1. The first kappa shape index (κ1) is 19.5. The van der Waals surface area contributed by atoms with Gasteiger partial charge in [-0.3, -0.25) is 9.59 Å². The number of primary sulfonamides is 1. The van der Waals surface area contributed by atoms with E-state index in [1.807, 2.05) is 31.2 Å². The van der Waals surface area contributed by atoms with E-state index < -0.39 is 21.5 Å². The fourth-order valence-electron chi connectivity index (χ4n) is 2.73. The van der Waals surface area contributed by atoms with Crippen LogP contribution in [0.15, 0.2) is 76.6 Å². The number of anilines is 1. The molecule has 0 aliphatic carbocycles. The van der Waals surface area contributed by atoms with E-state index in [1.54, 1.807) is 12.3 Å². The summed E-state index contributed by atoms with van der Waals surface area (Å²) in [6.45, 7) is 2.32. The van der Waals surface area contributed by atoms with Crippen LogP contribution in [0.3, 0.4) is 0 Å². The van der Waals surface area contributed by atoms with Crippen molar-refractivity contribution in [3.05, 3.63) is 93.9 Å². The topological polar surface area (TPSA) is 111 Å². The van der Waals surface area contributed by atoms with Crippen molar-refractivity contribution in [2.45, 2.75) is 18.4 Å². The Morgan fingerprint density at radius 3 is 2.36 bits per heavy atom. The maximum absolute atomic E-state index is 12.7. The number of nitrogens with one attached hydrogen (secondary N) is 1. The lowest BCUT2D eigenvalue weighted by Gasteiger charge is -2.11. The van der Waals surface area contributed by atoms with Crippen LogP contribution in [-0.2, 0) is 16.6 Å². The maximum Gasteiger partial charge on any atom is 0.263 e. The minimum Gasteiger partial charge on any atom is -0.322 e. The lowest BCUT2D eigenvalue weighted by molar-refractivity contribution is 0.102. The summed E-state index contributed by atoms with van der Waals surface area (Å²) in [4.78, 5) is 25.2. The van der Waals surface area contributed by atoms with Gasteiger partial charge in [0.25, 0.3) is 11.5 Å². The lowest BCUT2D eigenvalue weighted by atomic mass is 10.1. The van der Waals surface area contributed by atoms with E-state index in [0.717, 1.165) is 11.1 Å². The monoisotopic (exact) mass is 397 g/mol. The highest BCUT2D eigenvalue weighted by Gasteiger charge is 2.14. The Morgan fingerprint density at radius 2 is 1.71 bits per heavy atom. The number of benzene rings is 2. The zero-order valence-corrected chi connectivity index (χ0v) is 15.9. The second-order valence-corrected chi connectivity index (χ2v) is 7.87. The third-order valence-electron chi connectivity index (χ3n) is 4.31. The van der Waals surface area contributed by atoms with Gasteiger partial charge in [-0.1, -0.05) is 24.3 Å². The van der Waals surface area contributed by atoms with Crippen LogP contribution in [-0.4, -0.2) is 18.9 Å². The summed E-state index contributed by atoms with van der Waals surface area (Å²) in [5.41, 5.74) is 1.97. The van der Waals surface area contributed by atoms with Crippen molar-refractivity contribution < 1.29 is 13.2 Å². The van der Waals surface area contributed by atoms with Crippen LogP contribution >= 0.6 is 0 Å². The molecule has 3 N–H and O–H groups in total. The predicted molar refractivity (Wildman–Crippen MR) is 107 cm³/mol. The van der Waals surface area contributed by atoms with Crippen molar-refractivity contribution in [1.29, 1.82) is 0 Å². The summed E-state index contributed by atoms with van der Waals surface area (Å²) in [6, 6.07) is 16.2. The molecule has 0 saturated carbocycles. The van der Waals surface area contributed by atoms with Crippen LogP contribution < -0.4 is 16.0 Å². The molecule has 0 aliphatic heterocycles. The number of sulfonamides is 1. The molecule has 3 aromatic rings. The number of carbonyl (C=O) groups excluding carboxylic acids is 1. The van der Waals surface area contributed by atoms with Crippen molar-refractivity contribution in [3.8, 4) is 0 Å². The van der Waals surface area contributed by atoms with Crippen LogP contribution in [0.25, 0.3) is 0 Å². The highest BCUT2D eigenvalue weighted by atomic mass is 32.2. The van der Waals surface area contributed by atoms with Gasteiger partial charge < -0.3 is 9.88 Å². The molecular weight excluding hydrogens is 378 g/mol. The highest BCUT2D eigenvalue weighted by molar-refractivity contribution is 7.89. The Bertz CT molecular complexity index is 1180. The molecule has 0 saturated heterocycles. The van der Waals surface area contributed by atoms with E-state index in [9.17, 15) is 18.0 Å². The average molecular weight is 397 g/mol. The molecule has 0 atom stereocenters. The SMILES string of the molecule is Cc1ccccc1Cn1cccc(C(=O)Nc2ccc(S(N)(=O)=O)cc2)c1=O. The summed E-state index contributed by atoms with van der Waals surface area (Å²) >= 11 is 0. The summed E-state index contributed by atoms with van der Waals surface area (Å²) in [5, 5.41) is 7.64. The standard InChI is InChI=1S/C20H19N3O4S/c1-14-5-2-3-6-15(14)13-23-12-4-7-18(20(23)25)19(24)22-16-8-10-17(11-9-16)28(21,26)27/h2-12H,13H2,1H3,(H,22,24)(H2,21,26,27). The van der Waals surface area contributed by atoms with Gasteiger partial charge in [0.15, 0.2) is 0 Å². The molecular formula is C20H19N3O4S. The van der Waals surface area contributed by atoms with Crippen molar-refractivity contribution in [3.63, 3.8) is 0 Å². The van der Waals surface area contributed by atoms with E-state index in [2.05, 4.69) is 5.32 Å². The number of rotatable bonds is 5. The molecule has 0 aliphatic rings. The molecule has 1 aromatic heterocycles. The third kappa shape index (κ3) is 4.36. The molecule has 0 fully saturated rings. The second-order valence-electron chi connectivity index (χ2n) is 6.30. The summed E-state index contributed by atoms with van der Waals surface area (Å²) in [5.74, 6) is -0.576. The molecule has 3 rings (SSSR count). The molecule has 0 unspecified atom stereocenters.